The summed E-state index contributed by atoms with van der Waals surface area (Å²) < 4.78 is 5.19. The lowest BCUT2D eigenvalue weighted by Gasteiger charge is -2.06. The Morgan fingerprint density at radius 1 is 1.12 bits per heavy atom. The van der Waals surface area contributed by atoms with Crippen molar-refractivity contribution in [2.75, 3.05) is 0 Å². The van der Waals surface area contributed by atoms with Crippen molar-refractivity contribution in [3.05, 3.63) is 76.0 Å². The second kappa shape index (κ2) is 6.92. The Hall–Kier alpha value is -3.54. The molecule has 0 amide bonds. The van der Waals surface area contributed by atoms with Crippen LogP contribution in [-0.4, -0.2) is 15.9 Å². The van der Waals surface area contributed by atoms with Crippen LogP contribution < -0.4 is 4.74 Å². The molecule has 0 atom stereocenters. The zero-order valence-corrected chi connectivity index (χ0v) is 13.4. The third-order valence-corrected chi connectivity index (χ3v) is 3.49. The number of aromatic nitrogens is 1. The van der Waals surface area contributed by atoms with Gasteiger partial charge in [0, 0.05) is 24.4 Å². The number of ether oxygens (including phenoxy) is 1. The van der Waals surface area contributed by atoms with Crippen LogP contribution >= 0.6 is 0 Å². The highest BCUT2D eigenvalue weighted by Gasteiger charge is 2.07. The monoisotopic (exact) mass is 334 g/mol. The molecular formula is C19H14N2O4. The topological polar surface area (TPSA) is 82.3 Å². The molecule has 124 valence electrons. The maximum Gasteiger partial charge on any atom is 0.308 e. The van der Waals surface area contributed by atoms with Crippen LogP contribution in [0.2, 0.25) is 0 Å². The molecule has 0 spiro atoms. The minimum Gasteiger partial charge on any atom is -0.424 e. The van der Waals surface area contributed by atoms with E-state index in [-0.39, 0.29) is 5.69 Å². The van der Waals surface area contributed by atoms with Crippen LogP contribution in [0.5, 0.6) is 5.75 Å². The fourth-order valence-electron chi connectivity index (χ4n) is 2.39. The summed E-state index contributed by atoms with van der Waals surface area (Å²) in [6, 6.07) is 15.4. The third-order valence-electron chi connectivity index (χ3n) is 3.49. The van der Waals surface area contributed by atoms with E-state index in [9.17, 15) is 14.9 Å². The van der Waals surface area contributed by atoms with Gasteiger partial charge in [-0.05, 0) is 23.8 Å². The SMILES string of the molecule is CC(=O)Oc1cccc2ccc(C=Cc3cccc([N+](=O)[O-])c3)nc12. The number of carbonyl (C=O) groups is 1. The maximum atomic E-state index is 11.2. The number of pyridine rings is 1. The number of benzene rings is 2. The van der Waals surface area contributed by atoms with Crippen molar-refractivity contribution in [1.82, 2.24) is 4.98 Å². The quantitative estimate of drug-likeness (QED) is 0.308. The summed E-state index contributed by atoms with van der Waals surface area (Å²) in [5, 5.41) is 11.7. The second-order valence-electron chi connectivity index (χ2n) is 5.34. The number of rotatable bonds is 4. The number of non-ortho nitro benzene ring substituents is 1. The Bertz CT molecular complexity index is 996. The van der Waals surface area contributed by atoms with Gasteiger partial charge >= 0.3 is 5.97 Å². The van der Waals surface area contributed by atoms with Gasteiger partial charge in [-0.15, -0.1) is 0 Å². The highest BCUT2D eigenvalue weighted by molar-refractivity contribution is 5.88. The van der Waals surface area contributed by atoms with Crippen molar-refractivity contribution in [3.63, 3.8) is 0 Å². The molecule has 25 heavy (non-hydrogen) atoms. The lowest BCUT2D eigenvalue weighted by Crippen LogP contribution is -2.02. The predicted molar refractivity (Wildman–Crippen MR) is 95.1 cm³/mol. The Balaban J connectivity index is 1.95. The summed E-state index contributed by atoms with van der Waals surface area (Å²) in [6.45, 7) is 1.34. The van der Waals surface area contributed by atoms with Gasteiger partial charge in [0.2, 0.25) is 0 Å². The average Bonchev–Trinajstić information content (AvgIpc) is 2.60. The largest absolute Gasteiger partial charge is 0.424 e. The highest BCUT2D eigenvalue weighted by Crippen LogP contribution is 2.25. The summed E-state index contributed by atoms with van der Waals surface area (Å²) in [6.07, 6.45) is 3.50. The van der Waals surface area contributed by atoms with Gasteiger partial charge in [-0.25, -0.2) is 4.98 Å². The summed E-state index contributed by atoms with van der Waals surface area (Å²) in [5.74, 6) is -0.0116. The van der Waals surface area contributed by atoms with Gasteiger partial charge in [-0.1, -0.05) is 36.4 Å². The summed E-state index contributed by atoms with van der Waals surface area (Å²) in [5.41, 5.74) is 1.97. The Morgan fingerprint density at radius 2 is 1.92 bits per heavy atom. The number of hydrogen-bond donors (Lipinski definition) is 0. The van der Waals surface area contributed by atoms with E-state index in [1.807, 2.05) is 18.2 Å². The smallest absolute Gasteiger partial charge is 0.308 e. The van der Waals surface area contributed by atoms with Gasteiger partial charge in [0.15, 0.2) is 5.75 Å². The first kappa shape index (κ1) is 16.3. The van der Waals surface area contributed by atoms with Crippen LogP contribution in [0.3, 0.4) is 0 Å². The summed E-state index contributed by atoms with van der Waals surface area (Å²) in [4.78, 5) is 26.1. The number of esters is 1. The Kier molecular flexibility index (Phi) is 4.52. The molecule has 6 heteroatoms. The number of fused-ring (bicyclic) bond motifs is 1. The number of hydrogen-bond acceptors (Lipinski definition) is 5. The molecule has 0 saturated carbocycles. The first-order chi connectivity index (χ1) is 12.0. The van der Waals surface area contributed by atoms with E-state index >= 15 is 0 Å². The first-order valence-corrected chi connectivity index (χ1v) is 7.54. The Morgan fingerprint density at radius 3 is 2.68 bits per heavy atom. The van der Waals surface area contributed by atoms with Gasteiger partial charge in [0.05, 0.1) is 10.6 Å². The number of carbonyl (C=O) groups excluding carboxylic acids is 1. The molecular weight excluding hydrogens is 320 g/mol. The van der Waals surface area contributed by atoms with Crippen LogP contribution in [0.25, 0.3) is 23.1 Å². The Labute approximate surface area is 143 Å². The van der Waals surface area contributed by atoms with Crippen molar-refractivity contribution >= 4 is 34.7 Å². The molecule has 1 aromatic heterocycles. The predicted octanol–water partition coefficient (Wildman–Crippen LogP) is 4.24. The first-order valence-electron chi connectivity index (χ1n) is 7.54. The van der Waals surface area contributed by atoms with E-state index in [0.29, 0.717) is 22.5 Å². The fraction of sp³-hybridized carbons (Fsp3) is 0.0526. The molecule has 0 aliphatic carbocycles. The molecule has 3 aromatic rings. The molecule has 0 saturated heterocycles. The zero-order valence-electron chi connectivity index (χ0n) is 13.4. The van der Waals surface area contributed by atoms with Crippen molar-refractivity contribution in [2.24, 2.45) is 0 Å². The van der Waals surface area contributed by atoms with Crippen molar-refractivity contribution < 1.29 is 14.5 Å². The maximum absolute atomic E-state index is 11.2. The van der Waals surface area contributed by atoms with Crippen LogP contribution in [0.15, 0.2) is 54.6 Å². The molecule has 0 unspecified atom stereocenters. The molecule has 0 aliphatic rings. The minimum atomic E-state index is -0.434. The van der Waals surface area contributed by atoms with Gasteiger partial charge in [0.25, 0.3) is 5.69 Å². The molecule has 2 aromatic carbocycles. The van der Waals surface area contributed by atoms with Gasteiger partial charge in [-0.2, -0.15) is 0 Å². The normalized spacial score (nSPS) is 10.9. The van der Waals surface area contributed by atoms with Crippen molar-refractivity contribution in [2.45, 2.75) is 6.92 Å². The van der Waals surface area contributed by atoms with E-state index in [2.05, 4.69) is 4.98 Å². The van der Waals surface area contributed by atoms with Crippen LogP contribution in [-0.2, 0) is 4.79 Å². The van der Waals surface area contributed by atoms with Crippen LogP contribution in [0.4, 0.5) is 5.69 Å². The summed E-state index contributed by atoms with van der Waals surface area (Å²) >= 11 is 0. The average molecular weight is 334 g/mol. The molecule has 0 radical (unpaired) electrons. The number of nitro groups is 1. The van der Waals surface area contributed by atoms with Crippen LogP contribution in [0, 0.1) is 10.1 Å². The lowest BCUT2D eigenvalue weighted by molar-refractivity contribution is -0.384. The molecule has 0 fully saturated rings. The summed E-state index contributed by atoms with van der Waals surface area (Å²) in [7, 11) is 0. The fourth-order valence-corrected chi connectivity index (χ4v) is 2.39. The van der Waals surface area contributed by atoms with E-state index in [0.717, 1.165) is 5.39 Å². The minimum absolute atomic E-state index is 0.0331. The molecule has 6 nitrogen and oxygen atoms in total. The number of nitrogens with zero attached hydrogens (tertiary/aromatic N) is 2. The molecule has 3 rings (SSSR count). The van der Waals surface area contributed by atoms with Gasteiger partial charge in [0.1, 0.15) is 5.52 Å². The zero-order chi connectivity index (χ0) is 17.8. The third kappa shape index (κ3) is 3.87. The second-order valence-corrected chi connectivity index (χ2v) is 5.34. The van der Waals surface area contributed by atoms with E-state index in [1.54, 1.807) is 36.4 Å². The van der Waals surface area contributed by atoms with Crippen LogP contribution in [0.1, 0.15) is 18.2 Å². The van der Waals surface area contributed by atoms with Gasteiger partial charge < -0.3 is 4.74 Å². The molecule has 0 aliphatic heterocycles. The molecule has 0 bridgehead atoms. The molecule has 0 N–H and O–H groups in total. The van der Waals surface area contributed by atoms with Crippen molar-refractivity contribution in [3.8, 4) is 5.75 Å². The van der Waals surface area contributed by atoms with E-state index < -0.39 is 10.9 Å². The van der Waals surface area contributed by atoms with Crippen molar-refractivity contribution in [1.29, 1.82) is 0 Å². The van der Waals surface area contributed by atoms with Gasteiger partial charge in [-0.3, -0.25) is 14.9 Å². The number of para-hydroxylation sites is 1. The highest BCUT2D eigenvalue weighted by atomic mass is 16.6. The van der Waals surface area contributed by atoms with E-state index in [4.69, 9.17) is 4.74 Å². The lowest BCUT2D eigenvalue weighted by atomic mass is 10.1. The molecule has 1 heterocycles. The standard InChI is InChI=1S/C19H14N2O4/c1-13(22)25-18-7-3-5-15-9-11-16(20-19(15)18)10-8-14-4-2-6-17(12-14)21(23)24/h2-12H,1H3. The number of nitro benzene ring substituents is 1. The van der Waals surface area contributed by atoms with E-state index in [1.165, 1.54) is 19.1 Å².